The lowest BCUT2D eigenvalue weighted by Gasteiger charge is -2.12. The zero-order valence-electron chi connectivity index (χ0n) is 19.4. The molecule has 4 aromatic rings. The number of fused-ring (bicyclic) bond motifs is 1. The Kier molecular flexibility index (Phi) is 7.11. The number of nitrogens with two attached hydrogens (primary N) is 1. The van der Waals surface area contributed by atoms with Gasteiger partial charge in [0.15, 0.2) is 11.5 Å². The van der Waals surface area contributed by atoms with Gasteiger partial charge >= 0.3 is 6.18 Å². The minimum atomic E-state index is -4.66. The molecule has 4 N–H and O–H groups in total. The zero-order valence-corrected chi connectivity index (χ0v) is 19.4. The molecule has 192 valence electrons. The normalized spacial score (nSPS) is 12.4. The monoisotopic (exact) mass is 514 g/mol. The minimum absolute atomic E-state index is 0.0191. The molecular weight excluding hydrogens is 493 g/mol. The number of rotatable bonds is 8. The highest BCUT2D eigenvalue weighted by Crippen LogP contribution is 2.37. The Labute approximate surface area is 208 Å². The van der Waals surface area contributed by atoms with Crippen molar-refractivity contribution < 1.29 is 37.0 Å². The van der Waals surface area contributed by atoms with Gasteiger partial charge in [-0.25, -0.2) is 9.97 Å². The molecule has 0 saturated heterocycles. The first-order valence-corrected chi connectivity index (χ1v) is 10.9. The number of phenolic OH excluding ortho intramolecular Hbond substituents is 1. The fraction of sp³-hybridized carbons (Fsp3) is 0.200. The second-order valence-corrected chi connectivity index (χ2v) is 7.99. The van der Waals surface area contributed by atoms with Crippen LogP contribution in [0.25, 0.3) is 22.4 Å². The van der Waals surface area contributed by atoms with Crippen molar-refractivity contribution in [3.63, 3.8) is 0 Å². The fourth-order valence-electron chi connectivity index (χ4n) is 3.74. The summed E-state index contributed by atoms with van der Waals surface area (Å²) in [6.07, 6.45) is -3.94. The van der Waals surface area contributed by atoms with Gasteiger partial charge in [-0.1, -0.05) is 12.1 Å². The number of methoxy groups -OCH3 is 1. The number of carbonyl (C=O) groups excluding carboxylic acids is 2. The summed E-state index contributed by atoms with van der Waals surface area (Å²) >= 11 is 0. The molecule has 4 rings (SSSR count). The molecule has 0 unspecified atom stereocenters. The largest absolute Gasteiger partial charge is 0.508 e. The van der Waals surface area contributed by atoms with Crippen molar-refractivity contribution in [3.05, 3.63) is 71.2 Å². The lowest BCUT2D eigenvalue weighted by atomic mass is 10.1. The van der Waals surface area contributed by atoms with Crippen LogP contribution in [0.15, 0.2) is 52.9 Å². The molecule has 0 spiro atoms. The second kappa shape index (κ2) is 10.3. The van der Waals surface area contributed by atoms with Crippen molar-refractivity contribution >= 4 is 23.1 Å². The molecule has 37 heavy (non-hydrogen) atoms. The van der Waals surface area contributed by atoms with Crippen molar-refractivity contribution in [3.8, 4) is 23.0 Å². The number of alkyl halides is 3. The van der Waals surface area contributed by atoms with Crippen LogP contribution in [0.5, 0.6) is 11.5 Å². The van der Waals surface area contributed by atoms with Crippen molar-refractivity contribution in [1.29, 1.82) is 0 Å². The van der Waals surface area contributed by atoms with E-state index >= 15 is 0 Å². The van der Waals surface area contributed by atoms with Crippen LogP contribution in [0, 0.1) is 0 Å². The van der Waals surface area contributed by atoms with Gasteiger partial charge in [-0.05, 0) is 48.4 Å². The van der Waals surface area contributed by atoms with E-state index in [-0.39, 0.29) is 58.3 Å². The summed E-state index contributed by atoms with van der Waals surface area (Å²) in [5, 5.41) is 12.2. The Morgan fingerprint density at radius 1 is 1.16 bits per heavy atom. The molecule has 0 aliphatic heterocycles. The Morgan fingerprint density at radius 3 is 2.51 bits per heavy atom. The van der Waals surface area contributed by atoms with Gasteiger partial charge in [0.1, 0.15) is 29.0 Å². The smallest absolute Gasteiger partial charge is 0.433 e. The molecule has 2 aromatic carbocycles. The number of oxazole rings is 1. The number of benzene rings is 2. The van der Waals surface area contributed by atoms with Gasteiger partial charge in [-0.3, -0.25) is 4.79 Å². The quantitative estimate of drug-likeness (QED) is 0.303. The number of nitrogens with one attached hydrogen (secondary N) is 1. The summed E-state index contributed by atoms with van der Waals surface area (Å²) in [6, 6.07) is 10.2. The Morgan fingerprint density at radius 2 is 1.89 bits per heavy atom. The molecule has 1 atom stereocenters. The zero-order chi connectivity index (χ0) is 26.7. The molecule has 1 amide bonds. The van der Waals surface area contributed by atoms with Crippen LogP contribution in [-0.4, -0.2) is 40.4 Å². The molecule has 0 radical (unpaired) electrons. The van der Waals surface area contributed by atoms with E-state index in [1.165, 1.54) is 37.4 Å². The predicted octanol–water partition coefficient (Wildman–Crippen LogP) is 3.62. The number of hydrogen-bond acceptors (Lipinski definition) is 8. The Hall–Kier alpha value is -4.45. The van der Waals surface area contributed by atoms with Gasteiger partial charge in [0.05, 0.1) is 19.7 Å². The first kappa shape index (κ1) is 25.6. The second-order valence-electron chi connectivity index (χ2n) is 7.99. The van der Waals surface area contributed by atoms with Crippen molar-refractivity contribution in [2.45, 2.75) is 25.2 Å². The molecule has 9 nitrogen and oxygen atoms in total. The van der Waals surface area contributed by atoms with E-state index in [9.17, 15) is 27.9 Å². The van der Waals surface area contributed by atoms with Gasteiger partial charge < -0.3 is 30.1 Å². The van der Waals surface area contributed by atoms with Crippen LogP contribution in [0.2, 0.25) is 0 Å². The van der Waals surface area contributed by atoms with E-state index in [4.69, 9.17) is 14.9 Å². The number of pyridine rings is 1. The summed E-state index contributed by atoms with van der Waals surface area (Å²) in [6.45, 7) is -0.204. The molecule has 2 heterocycles. The summed E-state index contributed by atoms with van der Waals surface area (Å²) in [4.78, 5) is 32.5. The van der Waals surface area contributed by atoms with Crippen LogP contribution in [0.1, 0.15) is 27.5 Å². The van der Waals surface area contributed by atoms with Crippen LogP contribution in [0.4, 0.5) is 13.2 Å². The van der Waals surface area contributed by atoms with E-state index in [2.05, 4.69) is 15.3 Å². The van der Waals surface area contributed by atoms with Gasteiger partial charge in [-0.15, -0.1) is 0 Å². The fourth-order valence-corrected chi connectivity index (χ4v) is 3.74. The number of aromatic hydroxyl groups is 1. The molecule has 0 aliphatic rings. The third kappa shape index (κ3) is 5.38. The van der Waals surface area contributed by atoms with Gasteiger partial charge in [0.25, 0.3) is 5.91 Å². The average Bonchev–Trinajstić information content (AvgIpc) is 3.32. The molecule has 0 aliphatic carbocycles. The summed E-state index contributed by atoms with van der Waals surface area (Å²) in [5.74, 6) is -0.598. The SMILES string of the molecule is COc1ccc(-c2nc(C(=O)N[C@H](C=O)Cc3ccc(O)cc3)c(CN)o2)c2ccc(C(F)(F)F)nc12. The summed E-state index contributed by atoms with van der Waals surface area (Å²) in [7, 11) is 1.30. The molecular formula is C25H21F3N4O5. The van der Waals surface area contributed by atoms with Crippen LogP contribution < -0.4 is 15.8 Å². The Bertz CT molecular complexity index is 1450. The lowest BCUT2D eigenvalue weighted by molar-refractivity contribution is -0.141. The molecule has 12 heteroatoms. The topological polar surface area (TPSA) is 141 Å². The van der Waals surface area contributed by atoms with E-state index in [1.807, 2.05) is 0 Å². The van der Waals surface area contributed by atoms with Crippen molar-refractivity contribution in [2.24, 2.45) is 5.73 Å². The third-order valence-corrected chi connectivity index (χ3v) is 5.53. The first-order valence-electron chi connectivity index (χ1n) is 10.9. The summed E-state index contributed by atoms with van der Waals surface area (Å²) < 4.78 is 50.5. The molecule has 0 fully saturated rings. The number of ether oxygens (including phenoxy) is 1. The van der Waals surface area contributed by atoms with Gasteiger partial charge in [0, 0.05) is 10.9 Å². The molecule has 2 aromatic heterocycles. The van der Waals surface area contributed by atoms with E-state index < -0.39 is 23.8 Å². The number of amides is 1. The number of aromatic nitrogens is 2. The van der Waals surface area contributed by atoms with Crippen molar-refractivity contribution in [1.82, 2.24) is 15.3 Å². The predicted molar refractivity (Wildman–Crippen MR) is 126 cm³/mol. The maximum absolute atomic E-state index is 13.2. The van der Waals surface area contributed by atoms with Crippen LogP contribution in [0.3, 0.4) is 0 Å². The Balaban J connectivity index is 1.68. The highest BCUT2D eigenvalue weighted by molar-refractivity contribution is 5.98. The highest BCUT2D eigenvalue weighted by atomic mass is 19.4. The van der Waals surface area contributed by atoms with E-state index in [0.717, 1.165) is 6.07 Å². The first-order chi connectivity index (χ1) is 17.6. The highest BCUT2D eigenvalue weighted by Gasteiger charge is 2.33. The minimum Gasteiger partial charge on any atom is -0.508 e. The van der Waals surface area contributed by atoms with E-state index in [0.29, 0.717) is 11.8 Å². The maximum atomic E-state index is 13.2. The van der Waals surface area contributed by atoms with E-state index in [1.54, 1.807) is 12.1 Å². The maximum Gasteiger partial charge on any atom is 0.433 e. The lowest BCUT2D eigenvalue weighted by Crippen LogP contribution is -2.38. The average molecular weight is 514 g/mol. The number of hydrogen-bond donors (Lipinski definition) is 3. The number of nitrogens with zero attached hydrogens (tertiary/aromatic N) is 2. The number of carbonyl (C=O) groups is 2. The van der Waals surface area contributed by atoms with Crippen LogP contribution >= 0.6 is 0 Å². The molecule has 0 saturated carbocycles. The number of phenols is 1. The summed E-state index contributed by atoms with van der Waals surface area (Å²) in [5.41, 5.74) is 5.38. The number of halogens is 3. The van der Waals surface area contributed by atoms with Crippen LogP contribution in [-0.2, 0) is 23.9 Å². The van der Waals surface area contributed by atoms with Crippen molar-refractivity contribution in [2.75, 3.05) is 7.11 Å². The van der Waals surface area contributed by atoms with Gasteiger partial charge in [0.2, 0.25) is 5.89 Å². The third-order valence-electron chi connectivity index (χ3n) is 5.53. The number of aldehydes is 1. The molecule has 0 bridgehead atoms. The standard InChI is InChI=1S/C25H21F3N4O5/c1-36-18-8-6-17(16-7-9-20(25(26,27)28)31-21(16)18)24-32-22(19(11-29)37-24)23(35)30-14(12-33)10-13-2-4-15(34)5-3-13/h2-9,12,14,34H,10-11,29H2,1H3,(H,30,35)/t14-/m0/s1. The van der Waals surface area contributed by atoms with Gasteiger partial charge in [-0.2, -0.15) is 13.2 Å².